The van der Waals surface area contributed by atoms with E-state index >= 15 is 0 Å². The van der Waals surface area contributed by atoms with Gasteiger partial charge in [-0.2, -0.15) is 5.10 Å². The number of ether oxygens (including phenoxy) is 2. The maximum Gasteiger partial charge on any atom is 0.257 e. The van der Waals surface area contributed by atoms with Crippen molar-refractivity contribution in [1.82, 2.24) is 10.4 Å². The van der Waals surface area contributed by atoms with Crippen LogP contribution in [-0.2, 0) is 11.4 Å². The Kier molecular flexibility index (Phi) is 7.49. The molecular weight excluding hydrogens is 462 g/mol. The summed E-state index contributed by atoms with van der Waals surface area (Å²) in [6.45, 7) is 0.301. The van der Waals surface area contributed by atoms with Gasteiger partial charge in [0.2, 0.25) is 0 Å². The van der Waals surface area contributed by atoms with Crippen LogP contribution in [0.25, 0.3) is 11.1 Å². The van der Waals surface area contributed by atoms with E-state index in [2.05, 4.69) is 15.5 Å². The summed E-state index contributed by atoms with van der Waals surface area (Å²) in [6.07, 6.45) is 1.51. The molecule has 1 N–H and O–H groups in total. The molecule has 1 aromatic heterocycles. The zero-order valence-corrected chi connectivity index (χ0v) is 19.2. The molecule has 7 nitrogen and oxygen atoms in total. The predicted molar refractivity (Wildman–Crippen MR) is 129 cm³/mol. The molecule has 0 atom stereocenters. The summed E-state index contributed by atoms with van der Waals surface area (Å²) in [5, 5.41) is 5.12. The Hall–Kier alpha value is -3.49. The van der Waals surface area contributed by atoms with E-state index < -0.39 is 0 Å². The number of hydrazone groups is 1. The van der Waals surface area contributed by atoms with E-state index in [0.29, 0.717) is 39.5 Å². The van der Waals surface area contributed by atoms with Crippen LogP contribution in [0.5, 0.6) is 11.5 Å². The van der Waals surface area contributed by atoms with Gasteiger partial charge >= 0.3 is 0 Å². The fourth-order valence-corrected chi connectivity index (χ4v) is 3.82. The van der Waals surface area contributed by atoms with Gasteiger partial charge in [0.15, 0.2) is 17.1 Å². The van der Waals surface area contributed by atoms with Gasteiger partial charge in [-0.15, -0.1) is 0 Å². The summed E-state index contributed by atoms with van der Waals surface area (Å²) >= 11 is 7.24. The van der Waals surface area contributed by atoms with Gasteiger partial charge in [0.25, 0.3) is 11.1 Å². The zero-order valence-electron chi connectivity index (χ0n) is 17.7. The van der Waals surface area contributed by atoms with Crippen molar-refractivity contribution in [2.24, 2.45) is 5.10 Å². The number of para-hydroxylation sites is 3. The number of hydrogen-bond acceptors (Lipinski definition) is 7. The molecule has 33 heavy (non-hydrogen) atoms. The molecule has 3 aromatic carbocycles. The van der Waals surface area contributed by atoms with Crippen LogP contribution in [0.3, 0.4) is 0 Å². The summed E-state index contributed by atoms with van der Waals surface area (Å²) in [4.78, 5) is 16.5. The lowest BCUT2D eigenvalue weighted by atomic mass is 10.2. The molecule has 0 saturated heterocycles. The normalized spacial score (nSPS) is 11.1. The van der Waals surface area contributed by atoms with Gasteiger partial charge in [-0.3, -0.25) is 4.79 Å². The number of carbonyl (C=O) groups is 1. The van der Waals surface area contributed by atoms with Crippen molar-refractivity contribution in [3.05, 3.63) is 82.9 Å². The number of hydrogen-bond donors (Lipinski definition) is 1. The SMILES string of the molecule is COc1cccc(C=NNC(=O)CSc2nc3ccccc3o2)c1OCc1cccc(Cl)c1. The Morgan fingerprint density at radius 1 is 1.18 bits per heavy atom. The van der Waals surface area contributed by atoms with Gasteiger partial charge in [0, 0.05) is 10.6 Å². The highest BCUT2D eigenvalue weighted by Crippen LogP contribution is 2.31. The number of aromatic nitrogens is 1. The van der Waals surface area contributed by atoms with Crippen molar-refractivity contribution >= 4 is 46.6 Å². The van der Waals surface area contributed by atoms with Crippen LogP contribution in [-0.4, -0.2) is 30.0 Å². The Balaban J connectivity index is 1.37. The average Bonchev–Trinajstić information content (AvgIpc) is 3.25. The number of methoxy groups -OCH3 is 1. The summed E-state index contributed by atoms with van der Waals surface area (Å²) in [6, 6.07) is 20.3. The van der Waals surface area contributed by atoms with E-state index in [4.69, 9.17) is 25.5 Å². The molecule has 9 heteroatoms. The second kappa shape index (κ2) is 10.9. The van der Waals surface area contributed by atoms with E-state index in [9.17, 15) is 4.79 Å². The molecule has 4 aromatic rings. The molecule has 0 saturated carbocycles. The lowest BCUT2D eigenvalue weighted by Gasteiger charge is -2.13. The van der Waals surface area contributed by atoms with E-state index in [1.807, 2.05) is 54.6 Å². The van der Waals surface area contributed by atoms with Gasteiger partial charge in [0.05, 0.1) is 19.1 Å². The molecule has 168 valence electrons. The minimum atomic E-state index is -0.289. The third-order valence-electron chi connectivity index (χ3n) is 4.50. The molecule has 1 heterocycles. The summed E-state index contributed by atoms with van der Waals surface area (Å²) < 4.78 is 17.0. The topological polar surface area (TPSA) is 86.0 Å². The molecule has 0 aliphatic rings. The first kappa shape index (κ1) is 22.7. The van der Waals surface area contributed by atoms with Crippen LogP contribution in [0.4, 0.5) is 0 Å². The van der Waals surface area contributed by atoms with Crippen LogP contribution in [0.1, 0.15) is 11.1 Å². The highest BCUT2D eigenvalue weighted by atomic mass is 35.5. The number of thioether (sulfide) groups is 1. The monoisotopic (exact) mass is 481 g/mol. The number of nitrogens with zero attached hydrogens (tertiary/aromatic N) is 2. The number of carbonyl (C=O) groups excluding carboxylic acids is 1. The number of rotatable bonds is 9. The van der Waals surface area contributed by atoms with Crippen molar-refractivity contribution in [2.45, 2.75) is 11.8 Å². The van der Waals surface area contributed by atoms with Crippen molar-refractivity contribution < 1.29 is 18.7 Å². The molecule has 0 spiro atoms. The average molecular weight is 482 g/mol. The molecule has 0 bridgehead atoms. The van der Waals surface area contributed by atoms with Crippen molar-refractivity contribution in [3.8, 4) is 11.5 Å². The molecule has 1 amide bonds. The number of oxazole rings is 1. The minimum absolute atomic E-state index is 0.112. The fraction of sp³-hybridized carbons (Fsp3) is 0.125. The van der Waals surface area contributed by atoms with Crippen LogP contribution in [0.2, 0.25) is 5.02 Å². The van der Waals surface area contributed by atoms with Gasteiger partial charge in [0.1, 0.15) is 12.1 Å². The first-order chi connectivity index (χ1) is 16.1. The summed E-state index contributed by atoms with van der Waals surface area (Å²) in [5.41, 5.74) is 5.51. The third-order valence-corrected chi connectivity index (χ3v) is 5.56. The van der Waals surface area contributed by atoms with Gasteiger partial charge < -0.3 is 13.9 Å². The highest BCUT2D eigenvalue weighted by molar-refractivity contribution is 7.99. The van der Waals surface area contributed by atoms with Gasteiger partial charge in [-0.25, -0.2) is 10.4 Å². The molecule has 0 aliphatic carbocycles. The Morgan fingerprint density at radius 2 is 2.03 bits per heavy atom. The maximum absolute atomic E-state index is 12.2. The third kappa shape index (κ3) is 6.06. The van der Waals surface area contributed by atoms with Gasteiger partial charge in [-0.1, -0.05) is 53.7 Å². The summed E-state index contributed by atoms with van der Waals surface area (Å²) in [5.74, 6) is 0.890. The molecule has 0 unspecified atom stereocenters. The molecule has 4 rings (SSSR count). The Morgan fingerprint density at radius 3 is 2.85 bits per heavy atom. The molecule has 0 radical (unpaired) electrons. The maximum atomic E-state index is 12.2. The number of nitrogens with one attached hydrogen (secondary N) is 1. The number of fused-ring (bicyclic) bond motifs is 1. The lowest BCUT2D eigenvalue weighted by Crippen LogP contribution is -2.19. The van der Waals surface area contributed by atoms with Crippen LogP contribution >= 0.6 is 23.4 Å². The second-order valence-corrected chi connectivity index (χ2v) is 8.19. The number of benzene rings is 3. The molecule has 0 aliphatic heterocycles. The predicted octanol–water partition coefficient (Wildman–Crippen LogP) is 5.31. The van der Waals surface area contributed by atoms with Crippen molar-refractivity contribution in [2.75, 3.05) is 12.9 Å². The minimum Gasteiger partial charge on any atom is -0.493 e. The van der Waals surface area contributed by atoms with Crippen molar-refractivity contribution in [3.63, 3.8) is 0 Å². The van der Waals surface area contributed by atoms with E-state index in [1.165, 1.54) is 18.0 Å². The highest BCUT2D eigenvalue weighted by Gasteiger charge is 2.11. The zero-order chi connectivity index (χ0) is 23.0. The number of amides is 1. The van der Waals surface area contributed by atoms with Gasteiger partial charge in [-0.05, 0) is 42.0 Å². The second-order valence-electron chi connectivity index (χ2n) is 6.83. The first-order valence-corrected chi connectivity index (χ1v) is 11.3. The Bertz CT molecular complexity index is 1260. The number of halogens is 1. The largest absolute Gasteiger partial charge is 0.493 e. The molecule has 0 fully saturated rings. The Labute approximate surface area is 199 Å². The first-order valence-electron chi connectivity index (χ1n) is 9.97. The van der Waals surface area contributed by atoms with E-state index in [-0.39, 0.29) is 11.7 Å². The quantitative estimate of drug-likeness (QED) is 0.198. The fourth-order valence-electron chi connectivity index (χ4n) is 2.98. The van der Waals surface area contributed by atoms with Crippen LogP contribution in [0.15, 0.2) is 81.5 Å². The lowest BCUT2D eigenvalue weighted by molar-refractivity contribution is -0.118. The van der Waals surface area contributed by atoms with Crippen molar-refractivity contribution in [1.29, 1.82) is 0 Å². The van der Waals surface area contributed by atoms with Crippen LogP contribution in [0, 0.1) is 0 Å². The van der Waals surface area contributed by atoms with E-state index in [0.717, 1.165) is 11.1 Å². The van der Waals surface area contributed by atoms with Crippen LogP contribution < -0.4 is 14.9 Å². The standard InChI is InChI=1S/C24H20ClN3O4S/c1-30-21-11-5-7-17(23(21)31-14-16-6-4-8-18(25)12-16)13-26-28-22(29)15-33-24-27-19-9-2-3-10-20(19)32-24/h2-13H,14-15H2,1H3,(H,28,29). The van der Waals surface area contributed by atoms with E-state index in [1.54, 1.807) is 19.2 Å². The smallest absolute Gasteiger partial charge is 0.257 e. The molecular formula is C24H20ClN3O4S. The summed E-state index contributed by atoms with van der Waals surface area (Å²) in [7, 11) is 1.56.